The minimum Gasteiger partial charge on any atom is -0.511 e. The molecule has 0 aliphatic rings. The lowest BCUT2D eigenvalue weighted by Crippen LogP contribution is -1.75. The minimum atomic E-state index is 0.0910. The minimum absolute atomic E-state index is 0.0910. The second-order valence-electron chi connectivity index (χ2n) is 1.88. The van der Waals surface area contributed by atoms with Gasteiger partial charge in [0.15, 0.2) is 0 Å². The Kier molecular flexibility index (Phi) is 10.7. The van der Waals surface area contributed by atoms with E-state index in [0.717, 1.165) is 6.42 Å². The highest BCUT2D eigenvalue weighted by Gasteiger charge is 1.93. The van der Waals surface area contributed by atoms with Crippen LogP contribution in [0.2, 0.25) is 0 Å². The molecule has 0 unspecified atom stereocenters. The molecule has 0 heterocycles. The van der Waals surface area contributed by atoms with Crippen LogP contribution >= 0.6 is 23.2 Å². The fraction of sp³-hybridized carbons (Fsp3) is 0.556. The molecule has 0 radical (unpaired) electrons. The Morgan fingerprint density at radius 1 is 1.33 bits per heavy atom. The number of aliphatic hydroxyl groups is 1. The maximum absolute atomic E-state index is 8.81. The molecule has 0 aromatic rings. The zero-order chi connectivity index (χ0) is 10.1. The first-order valence-corrected chi connectivity index (χ1v) is 4.75. The van der Waals surface area contributed by atoms with Crippen LogP contribution in [0.25, 0.3) is 0 Å². The predicted molar refractivity (Wildman–Crippen MR) is 56.8 cm³/mol. The highest BCUT2D eigenvalue weighted by molar-refractivity contribution is 6.34. The quantitative estimate of drug-likeness (QED) is 0.523. The third kappa shape index (κ3) is 7.96. The van der Waals surface area contributed by atoms with Crippen LogP contribution in [0, 0.1) is 0 Å². The van der Waals surface area contributed by atoms with Gasteiger partial charge in [-0.3, -0.25) is 0 Å². The van der Waals surface area contributed by atoms with Gasteiger partial charge in [0.25, 0.3) is 0 Å². The lowest BCUT2D eigenvalue weighted by Gasteiger charge is -1.93. The summed E-state index contributed by atoms with van der Waals surface area (Å²) < 4.78 is 0. The van der Waals surface area contributed by atoms with Gasteiger partial charge in [-0.15, -0.1) is 0 Å². The summed E-state index contributed by atoms with van der Waals surface area (Å²) in [6, 6.07) is 0. The zero-order valence-electron chi connectivity index (χ0n) is 7.99. The molecule has 0 spiro atoms. The molecular weight excluding hydrogens is 195 g/mol. The lowest BCUT2D eigenvalue weighted by atomic mass is 10.3. The summed E-state index contributed by atoms with van der Waals surface area (Å²) in [7, 11) is 0. The van der Waals surface area contributed by atoms with E-state index < -0.39 is 0 Å². The second-order valence-corrected chi connectivity index (χ2v) is 2.77. The van der Waals surface area contributed by atoms with Gasteiger partial charge in [-0.05, 0) is 19.4 Å². The molecule has 0 saturated carbocycles. The molecule has 0 saturated heterocycles. The van der Waals surface area contributed by atoms with Crippen molar-refractivity contribution in [2.75, 3.05) is 0 Å². The number of hydrogen-bond acceptors (Lipinski definition) is 1. The summed E-state index contributed by atoms with van der Waals surface area (Å²) in [5.41, 5.74) is 0. The van der Waals surface area contributed by atoms with Gasteiger partial charge in [-0.1, -0.05) is 44.0 Å². The fourth-order valence-corrected chi connectivity index (χ4v) is 0.641. The van der Waals surface area contributed by atoms with E-state index in [1.807, 2.05) is 20.8 Å². The molecule has 0 rings (SSSR count). The summed E-state index contributed by atoms with van der Waals surface area (Å²) in [6.07, 6.45) is 2.27. The number of aliphatic hydroxyl groups excluding tert-OH is 1. The summed E-state index contributed by atoms with van der Waals surface area (Å²) in [5.74, 6) is 0.0910. The number of halogens is 2. The molecule has 1 nitrogen and oxygen atoms in total. The van der Waals surface area contributed by atoms with Crippen molar-refractivity contribution in [1.29, 1.82) is 0 Å². The van der Waals surface area contributed by atoms with Gasteiger partial charge in [0, 0.05) is 5.03 Å². The molecule has 1 N–H and O–H groups in total. The first-order chi connectivity index (χ1) is 5.57. The molecule has 72 valence electrons. The van der Waals surface area contributed by atoms with Crippen molar-refractivity contribution >= 4 is 23.2 Å². The van der Waals surface area contributed by atoms with Crippen molar-refractivity contribution < 1.29 is 5.11 Å². The van der Waals surface area contributed by atoms with Gasteiger partial charge < -0.3 is 5.11 Å². The summed E-state index contributed by atoms with van der Waals surface area (Å²) in [6.45, 7) is 7.42. The molecule has 3 heteroatoms. The topological polar surface area (TPSA) is 20.2 Å². The van der Waals surface area contributed by atoms with Crippen LogP contribution in [-0.4, -0.2) is 5.11 Å². The Hall–Kier alpha value is -0.140. The lowest BCUT2D eigenvalue weighted by molar-refractivity contribution is 0.412. The van der Waals surface area contributed by atoms with Crippen LogP contribution in [-0.2, 0) is 0 Å². The Labute approximate surface area is 84.7 Å². The molecule has 0 fully saturated rings. The van der Waals surface area contributed by atoms with Gasteiger partial charge >= 0.3 is 0 Å². The average Bonchev–Trinajstić information content (AvgIpc) is 2.07. The molecular formula is C9H16Cl2O. The van der Waals surface area contributed by atoms with Crippen molar-refractivity contribution in [3.8, 4) is 0 Å². The van der Waals surface area contributed by atoms with Crippen LogP contribution < -0.4 is 0 Å². The van der Waals surface area contributed by atoms with E-state index in [1.54, 1.807) is 6.08 Å². The largest absolute Gasteiger partial charge is 0.511 e. The zero-order valence-corrected chi connectivity index (χ0v) is 9.50. The van der Waals surface area contributed by atoms with Gasteiger partial charge in [-0.2, -0.15) is 0 Å². The second kappa shape index (κ2) is 8.95. The SMILES string of the molecule is CC.CC/C(Cl)=C\C(Cl)=C(/C)O. The maximum atomic E-state index is 8.81. The number of hydrogen-bond donors (Lipinski definition) is 1. The van der Waals surface area contributed by atoms with E-state index in [2.05, 4.69) is 0 Å². The normalized spacial score (nSPS) is 13.0. The van der Waals surface area contributed by atoms with E-state index in [9.17, 15) is 0 Å². The Morgan fingerprint density at radius 3 is 2.00 bits per heavy atom. The smallest absolute Gasteiger partial charge is 0.108 e. The Bertz CT molecular complexity index is 167. The molecule has 0 bridgehead atoms. The van der Waals surface area contributed by atoms with E-state index in [1.165, 1.54) is 6.92 Å². The fourth-order valence-electron chi connectivity index (χ4n) is 0.344. The Morgan fingerprint density at radius 2 is 1.75 bits per heavy atom. The summed E-state index contributed by atoms with van der Waals surface area (Å²) in [4.78, 5) is 0. The van der Waals surface area contributed by atoms with Crippen molar-refractivity contribution in [3.63, 3.8) is 0 Å². The van der Waals surface area contributed by atoms with Crippen molar-refractivity contribution in [3.05, 3.63) is 21.9 Å². The summed E-state index contributed by atoms with van der Waals surface area (Å²) >= 11 is 11.2. The molecule has 12 heavy (non-hydrogen) atoms. The van der Waals surface area contributed by atoms with Gasteiger partial charge in [0.2, 0.25) is 0 Å². The number of allylic oxidation sites excluding steroid dienone is 4. The van der Waals surface area contributed by atoms with Crippen LogP contribution in [0.4, 0.5) is 0 Å². The maximum Gasteiger partial charge on any atom is 0.108 e. The molecule has 0 aliphatic carbocycles. The first kappa shape index (κ1) is 14.4. The molecule has 0 aliphatic heterocycles. The molecule has 0 amide bonds. The van der Waals surface area contributed by atoms with Gasteiger partial charge in [-0.25, -0.2) is 0 Å². The van der Waals surface area contributed by atoms with Crippen molar-refractivity contribution in [2.45, 2.75) is 34.1 Å². The van der Waals surface area contributed by atoms with E-state index in [-0.39, 0.29) is 5.76 Å². The summed E-state index contributed by atoms with van der Waals surface area (Å²) in [5, 5.41) is 9.75. The standard InChI is InChI=1S/C7H10Cl2O.C2H6/c1-3-6(8)4-7(9)5(2)10;1-2/h4,10H,3H2,1-2H3;1-2H3/b6-4+,7-5-;. The van der Waals surface area contributed by atoms with Crippen LogP contribution in [0.5, 0.6) is 0 Å². The van der Waals surface area contributed by atoms with E-state index in [4.69, 9.17) is 28.3 Å². The van der Waals surface area contributed by atoms with Crippen LogP contribution in [0.3, 0.4) is 0 Å². The Balaban J connectivity index is 0. The van der Waals surface area contributed by atoms with Crippen molar-refractivity contribution in [2.24, 2.45) is 0 Å². The average molecular weight is 211 g/mol. The first-order valence-electron chi connectivity index (χ1n) is 3.99. The molecule has 0 aromatic carbocycles. The highest BCUT2D eigenvalue weighted by atomic mass is 35.5. The number of rotatable bonds is 2. The third-order valence-corrected chi connectivity index (χ3v) is 1.73. The van der Waals surface area contributed by atoms with Gasteiger partial charge in [0.1, 0.15) is 5.76 Å². The van der Waals surface area contributed by atoms with Crippen molar-refractivity contribution in [1.82, 2.24) is 0 Å². The van der Waals surface area contributed by atoms with E-state index in [0.29, 0.717) is 10.1 Å². The van der Waals surface area contributed by atoms with Crippen LogP contribution in [0.15, 0.2) is 21.9 Å². The molecule has 0 atom stereocenters. The monoisotopic (exact) mass is 210 g/mol. The highest BCUT2D eigenvalue weighted by Crippen LogP contribution is 2.15. The van der Waals surface area contributed by atoms with E-state index >= 15 is 0 Å². The third-order valence-electron chi connectivity index (χ3n) is 0.967. The predicted octanol–water partition coefficient (Wildman–Crippen LogP) is 4.57. The van der Waals surface area contributed by atoms with Gasteiger partial charge in [0.05, 0.1) is 5.03 Å². The molecule has 0 aromatic heterocycles. The van der Waals surface area contributed by atoms with Crippen LogP contribution in [0.1, 0.15) is 34.1 Å².